The van der Waals surface area contributed by atoms with Crippen LogP contribution in [0, 0.1) is 0 Å². The lowest BCUT2D eigenvalue weighted by Crippen LogP contribution is -2.50. The Balaban J connectivity index is 1.59. The minimum atomic E-state index is -0.456. The molecule has 1 spiro atoms. The minimum Gasteiger partial charge on any atom is -0.493 e. The third-order valence-electron chi connectivity index (χ3n) is 6.76. The maximum atomic E-state index is 13.5. The number of carbonyl (C=O) groups excluding carboxylic acids is 1. The van der Waals surface area contributed by atoms with E-state index in [2.05, 4.69) is 5.32 Å². The van der Waals surface area contributed by atoms with Crippen molar-refractivity contribution in [1.82, 2.24) is 10.2 Å². The lowest BCUT2D eigenvalue weighted by molar-refractivity contribution is -0.124. The largest absolute Gasteiger partial charge is 0.493 e. The van der Waals surface area contributed by atoms with Gasteiger partial charge in [-0.3, -0.25) is 4.79 Å². The van der Waals surface area contributed by atoms with E-state index < -0.39 is 5.92 Å². The highest BCUT2D eigenvalue weighted by Gasteiger charge is 2.47. The first-order valence-electron chi connectivity index (χ1n) is 11.7. The van der Waals surface area contributed by atoms with Gasteiger partial charge >= 0.3 is 0 Å². The second kappa shape index (κ2) is 10.2. The highest BCUT2D eigenvalue weighted by molar-refractivity contribution is 6.35. The quantitative estimate of drug-likeness (QED) is 0.504. The van der Waals surface area contributed by atoms with E-state index >= 15 is 0 Å². The molecule has 184 valence electrons. The lowest BCUT2D eigenvalue weighted by atomic mass is 9.73. The van der Waals surface area contributed by atoms with Crippen LogP contribution in [0.5, 0.6) is 17.2 Å². The normalized spacial score (nSPS) is 19.1. The Morgan fingerprint density at radius 3 is 2.71 bits per heavy atom. The summed E-state index contributed by atoms with van der Waals surface area (Å²) in [5.74, 6) is 1.28. The molecule has 2 atom stereocenters. The molecule has 6 nitrogen and oxygen atoms in total. The minimum absolute atomic E-state index is 0.103. The van der Waals surface area contributed by atoms with Gasteiger partial charge in [-0.15, -0.1) is 0 Å². The second-order valence-corrected chi connectivity index (χ2v) is 10.3. The van der Waals surface area contributed by atoms with Crippen LogP contribution >= 0.6 is 23.2 Å². The number of nitrogens with zero attached hydrogens (tertiary/aromatic N) is 1. The van der Waals surface area contributed by atoms with Gasteiger partial charge in [0.2, 0.25) is 5.91 Å². The van der Waals surface area contributed by atoms with Crippen LogP contribution in [-0.4, -0.2) is 50.8 Å². The summed E-state index contributed by atoms with van der Waals surface area (Å²) in [6, 6.07) is 8.93. The number of carbonyl (C=O) groups is 1. The Kier molecular flexibility index (Phi) is 7.51. The van der Waals surface area contributed by atoms with Crippen LogP contribution in [0.25, 0.3) is 0 Å². The maximum Gasteiger partial charge on any atom is 0.227 e. The molecule has 1 fully saturated rings. The van der Waals surface area contributed by atoms with Crippen molar-refractivity contribution in [2.24, 2.45) is 0 Å². The number of ether oxygens (including phenoxy) is 3. The van der Waals surface area contributed by atoms with Gasteiger partial charge in [0, 0.05) is 29.1 Å². The van der Waals surface area contributed by atoms with E-state index in [-0.39, 0.29) is 17.6 Å². The topological polar surface area (TPSA) is 60.0 Å². The van der Waals surface area contributed by atoms with Crippen LogP contribution in [0.3, 0.4) is 0 Å². The Morgan fingerprint density at radius 1 is 1.29 bits per heavy atom. The second-order valence-electron chi connectivity index (χ2n) is 9.46. The summed E-state index contributed by atoms with van der Waals surface area (Å²) in [5.41, 5.74) is 1.33. The molecule has 4 rings (SSSR count). The number of hydrogen-bond acceptors (Lipinski definition) is 5. The monoisotopic (exact) mass is 506 g/mol. The number of fused-ring (bicyclic) bond motifs is 1. The van der Waals surface area contributed by atoms with Crippen LogP contribution in [-0.2, 0) is 4.79 Å². The van der Waals surface area contributed by atoms with Crippen LogP contribution in [0.2, 0.25) is 10.0 Å². The van der Waals surface area contributed by atoms with Crippen LogP contribution in [0.4, 0.5) is 0 Å². The molecule has 0 saturated heterocycles. The molecule has 1 aliphatic heterocycles. The molecule has 2 unspecified atom stereocenters. The molecule has 1 aliphatic carbocycles. The number of methoxy groups -OCH3 is 1. The Hall–Kier alpha value is -2.15. The molecule has 2 aliphatic rings. The summed E-state index contributed by atoms with van der Waals surface area (Å²) < 4.78 is 17.9. The number of amides is 1. The first-order valence-corrected chi connectivity index (χ1v) is 12.4. The predicted molar refractivity (Wildman–Crippen MR) is 135 cm³/mol. The highest BCUT2D eigenvalue weighted by Crippen LogP contribution is 2.51. The van der Waals surface area contributed by atoms with Gasteiger partial charge in [0.1, 0.15) is 18.0 Å². The zero-order valence-corrected chi connectivity index (χ0v) is 21.6. The average molecular weight is 507 g/mol. The number of nitrogens with one attached hydrogen (secondary N) is 1. The van der Waals surface area contributed by atoms with Crippen molar-refractivity contribution in [3.05, 3.63) is 51.5 Å². The number of para-hydroxylation sites is 1. The molecule has 0 bridgehead atoms. The fourth-order valence-electron chi connectivity index (χ4n) is 4.65. The van der Waals surface area contributed by atoms with Gasteiger partial charge in [0.25, 0.3) is 0 Å². The number of benzene rings is 2. The SMILES string of the molecule is COc1cccc(C(C)C(=O)NC2CC3(CCC3)Oc3c(Cl)cc(Cl)cc32)c1OCCN(C)C. The van der Waals surface area contributed by atoms with Crippen LogP contribution in [0.15, 0.2) is 30.3 Å². The molecule has 34 heavy (non-hydrogen) atoms. The van der Waals surface area contributed by atoms with Gasteiger partial charge in [-0.05, 0) is 58.5 Å². The number of hydrogen-bond donors (Lipinski definition) is 1. The smallest absolute Gasteiger partial charge is 0.227 e. The van der Waals surface area contributed by atoms with Crippen molar-refractivity contribution in [1.29, 1.82) is 0 Å². The highest BCUT2D eigenvalue weighted by atomic mass is 35.5. The Morgan fingerprint density at radius 2 is 2.06 bits per heavy atom. The van der Waals surface area contributed by atoms with Crippen molar-refractivity contribution >= 4 is 29.1 Å². The summed E-state index contributed by atoms with van der Waals surface area (Å²) in [6.07, 6.45) is 3.70. The summed E-state index contributed by atoms with van der Waals surface area (Å²) in [6.45, 7) is 3.12. The molecular weight excluding hydrogens is 475 g/mol. The molecule has 8 heteroatoms. The van der Waals surface area contributed by atoms with Crippen LogP contribution < -0.4 is 19.5 Å². The third-order valence-corrected chi connectivity index (χ3v) is 7.26. The predicted octanol–water partition coefficient (Wildman–Crippen LogP) is 5.61. The molecule has 0 aromatic heterocycles. The Labute approximate surface area is 211 Å². The zero-order chi connectivity index (χ0) is 24.5. The van der Waals surface area contributed by atoms with E-state index in [1.165, 1.54) is 0 Å². The van der Waals surface area contributed by atoms with Gasteiger partial charge < -0.3 is 24.4 Å². The van der Waals surface area contributed by atoms with E-state index in [9.17, 15) is 4.79 Å². The third kappa shape index (κ3) is 5.09. The fourth-order valence-corrected chi connectivity index (χ4v) is 5.20. The first kappa shape index (κ1) is 25.0. The van der Waals surface area contributed by atoms with Crippen molar-refractivity contribution in [2.45, 2.75) is 50.2 Å². The molecule has 2 aromatic rings. The van der Waals surface area contributed by atoms with Crippen molar-refractivity contribution < 1.29 is 19.0 Å². The van der Waals surface area contributed by atoms with Gasteiger partial charge in [0.05, 0.1) is 24.1 Å². The molecule has 2 aromatic carbocycles. The number of likely N-dealkylation sites (N-methyl/N-ethyl adjacent to an activating group) is 1. The Bertz CT molecular complexity index is 1060. The average Bonchev–Trinajstić information content (AvgIpc) is 2.77. The molecule has 1 saturated carbocycles. The summed E-state index contributed by atoms with van der Waals surface area (Å²) >= 11 is 12.8. The summed E-state index contributed by atoms with van der Waals surface area (Å²) in [5, 5.41) is 4.25. The van der Waals surface area contributed by atoms with Gasteiger partial charge in [-0.2, -0.15) is 0 Å². The molecular formula is C26H32Cl2N2O4. The van der Waals surface area contributed by atoms with Gasteiger partial charge in [0.15, 0.2) is 11.5 Å². The molecule has 0 radical (unpaired) electrons. The number of halogens is 2. The van der Waals surface area contributed by atoms with E-state index in [1.54, 1.807) is 13.2 Å². The van der Waals surface area contributed by atoms with E-state index in [0.717, 1.165) is 36.9 Å². The molecule has 1 heterocycles. The van der Waals surface area contributed by atoms with E-state index in [0.29, 0.717) is 40.3 Å². The zero-order valence-electron chi connectivity index (χ0n) is 20.1. The van der Waals surface area contributed by atoms with Crippen molar-refractivity contribution in [2.75, 3.05) is 34.4 Å². The molecule has 1 amide bonds. The maximum absolute atomic E-state index is 13.5. The van der Waals surface area contributed by atoms with E-state index in [1.807, 2.05) is 50.2 Å². The fraction of sp³-hybridized carbons (Fsp3) is 0.500. The summed E-state index contributed by atoms with van der Waals surface area (Å²) in [7, 11) is 5.58. The standard InChI is InChI=1S/C26H32Cl2N2O4/c1-16(18-7-5-8-22(32-4)24(18)33-12-11-30(2)3)25(31)29-21-15-26(9-6-10-26)34-23-19(21)13-17(27)14-20(23)28/h5,7-8,13-14,16,21H,6,9-12,15H2,1-4H3,(H,29,31). The van der Waals surface area contributed by atoms with Crippen molar-refractivity contribution in [3.8, 4) is 17.2 Å². The lowest BCUT2D eigenvalue weighted by Gasteiger charge is -2.48. The van der Waals surface area contributed by atoms with E-state index in [4.69, 9.17) is 37.4 Å². The van der Waals surface area contributed by atoms with Crippen molar-refractivity contribution in [3.63, 3.8) is 0 Å². The van der Waals surface area contributed by atoms with Gasteiger partial charge in [-0.1, -0.05) is 35.3 Å². The molecule has 1 N–H and O–H groups in total. The summed E-state index contributed by atoms with van der Waals surface area (Å²) in [4.78, 5) is 15.6. The van der Waals surface area contributed by atoms with Crippen LogP contribution in [0.1, 0.15) is 55.7 Å². The van der Waals surface area contributed by atoms with Gasteiger partial charge in [-0.25, -0.2) is 0 Å². The number of rotatable bonds is 8. The first-order chi connectivity index (χ1) is 16.2.